The van der Waals surface area contributed by atoms with Crippen LogP contribution in [-0.2, 0) is 0 Å². The highest BCUT2D eigenvalue weighted by atomic mass is 32.2. The summed E-state index contributed by atoms with van der Waals surface area (Å²) in [6.07, 6.45) is 11.6. The van der Waals surface area contributed by atoms with Crippen molar-refractivity contribution < 1.29 is 0 Å². The summed E-state index contributed by atoms with van der Waals surface area (Å²) in [4.78, 5) is 1.47. The summed E-state index contributed by atoms with van der Waals surface area (Å²) in [6, 6.07) is 52.1. The molecule has 2 unspecified atom stereocenters. The zero-order valence-electron chi connectivity index (χ0n) is 30.1. The van der Waals surface area contributed by atoms with E-state index < -0.39 is 0 Å². The molecule has 11 rings (SSSR count). The van der Waals surface area contributed by atoms with Crippen LogP contribution in [0.3, 0.4) is 0 Å². The van der Waals surface area contributed by atoms with Crippen LogP contribution in [0, 0.1) is 6.92 Å². The summed E-state index contributed by atoms with van der Waals surface area (Å²) < 4.78 is 2.72. The molecule has 0 saturated carbocycles. The number of thioether (sulfide) groups is 1. The van der Waals surface area contributed by atoms with E-state index in [1.54, 1.807) is 0 Å². The van der Waals surface area contributed by atoms with E-state index in [1.165, 1.54) is 107 Å². The predicted molar refractivity (Wildman–Crippen MR) is 238 cm³/mol. The average Bonchev–Trinajstić information content (AvgIpc) is 3.79. The fourth-order valence-corrected chi connectivity index (χ4v) is 11.8. The molecule has 0 radical (unpaired) electrons. The normalized spacial score (nSPS) is 16.6. The van der Waals surface area contributed by atoms with Gasteiger partial charge in [-0.3, -0.25) is 0 Å². The number of thiophene rings is 1. The van der Waals surface area contributed by atoms with E-state index >= 15 is 0 Å². The lowest BCUT2D eigenvalue weighted by atomic mass is 9.85. The molecule has 0 nitrogen and oxygen atoms in total. The molecule has 9 aromatic rings. The van der Waals surface area contributed by atoms with Gasteiger partial charge in [-0.1, -0.05) is 158 Å². The SMILES string of the molecule is C/C(=C\c1ccc(-c2ccc3c(c2)sc2ccc4ccc5c(c4c23)SC2C=CC=CC52)cc1C)c1c2ccccc2c(-c2ccccc2)c2ccccc12. The molecule has 0 N–H and O–H groups in total. The van der Waals surface area contributed by atoms with Crippen molar-refractivity contribution in [1.82, 2.24) is 0 Å². The Balaban J connectivity index is 0.993. The van der Waals surface area contributed by atoms with E-state index in [1.807, 2.05) is 23.1 Å². The molecule has 2 aliphatic rings. The van der Waals surface area contributed by atoms with Crippen LogP contribution >= 0.6 is 23.1 Å². The second-order valence-electron chi connectivity index (χ2n) is 14.8. The Morgan fingerprint density at radius 2 is 1.26 bits per heavy atom. The van der Waals surface area contributed by atoms with Crippen molar-refractivity contribution in [1.29, 1.82) is 0 Å². The minimum absolute atomic E-state index is 0.467. The number of hydrogen-bond acceptors (Lipinski definition) is 2. The second kappa shape index (κ2) is 12.5. The third kappa shape index (κ3) is 4.90. The van der Waals surface area contributed by atoms with Gasteiger partial charge in [0.15, 0.2) is 0 Å². The largest absolute Gasteiger partial charge is 0.135 e. The Labute approximate surface area is 323 Å². The summed E-state index contributed by atoms with van der Waals surface area (Å²) in [5.74, 6) is 0.467. The lowest BCUT2D eigenvalue weighted by molar-refractivity contribution is 0.884. The lowest BCUT2D eigenvalue weighted by Gasteiger charge is -2.18. The van der Waals surface area contributed by atoms with Crippen molar-refractivity contribution >= 4 is 87.2 Å². The molecule has 256 valence electrons. The monoisotopic (exact) mass is 724 g/mol. The summed E-state index contributed by atoms with van der Waals surface area (Å²) >= 11 is 3.97. The molecule has 0 bridgehead atoms. The lowest BCUT2D eigenvalue weighted by Crippen LogP contribution is -2.06. The molecule has 2 atom stereocenters. The minimum atomic E-state index is 0.467. The molecule has 54 heavy (non-hydrogen) atoms. The summed E-state index contributed by atoms with van der Waals surface area (Å²) in [7, 11) is 0. The van der Waals surface area contributed by atoms with Gasteiger partial charge in [0, 0.05) is 41.6 Å². The van der Waals surface area contributed by atoms with Crippen molar-refractivity contribution in [2.75, 3.05) is 0 Å². The number of rotatable bonds is 4. The van der Waals surface area contributed by atoms with E-state index in [0.29, 0.717) is 11.2 Å². The topological polar surface area (TPSA) is 0 Å². The van der Waals surface area contributed by atoms with E-state index in [9.17, 15) is 0 Å². The number of aryl methyl sites for hydroxylation is 1. The molecule has 0 amide bonds. The van der Waals surface area contributed by atoms with Crippen LogP contribution in [0.2, 0.25) is 0 Å². The van der Waals surface area contributed by atoms with Gasteiger partial charge in [0.2, 0.25) is 0 Å². The van der Waals surface area contributed by atoms with Crippen LogP contribution in [-0.4, -0.2) is 5.25 Å². The molecule has 2 heterocycles. The van der Waals surface area contributed by atoms with Gasteiger partial charge >= 0.3 is 0 Å². The van der Waals surface area contributed by atoms with Crippen LogP contribution in [0.4, 0.5) is 0 Å². The Morgan fingerprint density at radius 1 is 0.574 bits per heavy atom. The van der Waals surface area contributed by atoms with E-state index in [4.69, 9.17) is 0 Å². The molecule has 8 aromatic carbocycles. The fraction of sp³-hybridized carbons (Fsp3) is 0.0769. The van der Waals surface area contributed by atoms with Crippen molar-refractivity contribution in [2.24, 2.45) is 0 Å². The van der Waals surface area contributed by atoms with Crippen LogP contribution in [0.1, 0.15) is 35.1 Å². The zero-order valence-corrected chi connectivity index (χ0v) is 31.8. The van der Waals surface area contributed by atoms with E-state index in [-0.39, 0.29) is 0 Å². The van der Waals surface area contributed by atoms with Gasteiger partial charge in [0.05, 0.1) is 0 Å². The van der Waals surface area contributed by atoms with Gasteiger partial charge in [-0.2, -0.15) is 0 Å². The Hall–Kier alpha value is -5.67. The van der Waals surface area contributed by atoms with Crippen molar-refractivity contribution in [2.45, 2.75) is 29.9 Å². The van der Waals surface area contributed by atoms with E-state index in [2.05, 4.69) is 184 Å². The minimum Gasteiger partial charge on any atom is -0.135 e. The number of allylic oxidation sites excluding steroid dienone is 4. The highest BCUT2D eigenvalue weighted by Crippen LogP contribution is 2.53. The molecular weight excluding hydrogens is 689 g/mol. The van der Waals surface area contributed by atoms with Crippen LogP contribution in [0.5, 0.6) is 0 Å². The number of fused-ring (bicyclic) bond motifs is 11. The third-order valence-electron chi connectivity index (χ3n) is 11.7. The molecule has 0 spiro atoms. The van der Waals surface area contributed by atoms with Gasteiger partial charge in [-0.25, -0.2) is 0 Å². The first kappa shape index (κ1) is 31.8. The van der Waals surface area contributed by atoms with E-state index in [0.717, 1.165) is 0 Å². The van der Waals surface area contributed by atoms with Crippen molar-refractivity contribution in [3.05, 3.63) is 186 Å². The number of benzene rings is 8. The first-order valence-electron chi connectivity index (χ1n) is 18.8. The van der Waals surface area contributed by atoms with Gasteiger partial charge in [-0.05, 0) is 103 Å². The molecule has 1 aliphatic carbocycles. The molecule has 2 heteroatoms. The van der Waals surface area contributed by atoms with Crippen LogP contribution < -0.4 is 0 Å². The molecule has 1 aliphatic heterocycles. The summed E-state index contributed by atoms with van der Waals surface area (Å²) in [5.41, 5.74) is 11.7. The zero-order chi connectivity index (χ0) is 35.9. The van der Waals surface area contributed by atoms with Gasteiger partial charge in [0.25, 0.3) is 0 Å². The molecule has 0 saturated heterocycles. The molecular formula is C52H36S2. The fourth-order valence-electron chi connectivity index (χ4n) is 9.14. The second-order valence-corrected chi connectivity index (χ2v) is 17.1. The Morgan fingerprint density at radius 3 is 2.04 bits per heavy atom. The first-order valence-corrected chi connectivity index (χ1v) is 20.5. The smallest absolute Gasteiger partial charge is 0.0381 e. The molecule has 0 fully saturated rings. The van der Waals surface area contributed by atoms with Crippen LogP contribution in [0.25, 0.3) is 86.4 Å². The summed E-state index contributed by atoms with van der Waals surface area (Å²) in [5, 5.41) is 11.2. The maximum atomic E-state index is 2.41. The average molecular weight is 725 g/mol. The standard InChI is InChI=1S/C52H36S2/c1-31-28-36(37-23-26-44-47(30-37)53-46-27-24-34-22-25-43-38-14-10-11-19-45(38)54-52(43)50(34)51(44)46)21-20-35(31)29-32(2)48-39-15-6-8-17-41(39)49(33-12-4-3-5-13-33)42-18-9-7-16-40(42)48/h3-30,38,45H,1-2H3/b32-29+. The maximum Gasteiger partial charge on any atom is 0.0381 e. The maximum absolute atomic E-state index is 2.41. The highest BCUT2D eigenvalue weighted by Gasteiger charge is 2.33. The molecule has 1 aromatic heterocycles. The Bertz CT molecular complexity index is 3040. The highest BCUT2D eigenvalue weighted by molar-refractivity contribution is 8.00. The van der Waals surface area contributed by atoms with Gasteiger partial charge in [0.1, 0.15) is 0 Å². The van der Waals surface area contributed by atoms with Gasteiger partial charge < -0.3 is 0 Å². The third-order valence-corrected chi connectivity index (χ3v) is 14.2. The van der Waals surface area contributed by atoms with Crippen LogP contribution in [0.15, 0.2) is 169 Å². The quantitative estimate of drug-likeness (QED) is 0.129. The predicted octanol–water partition coefficient (Wildman–Crippen LogP) is 15.4. The summed E-state index contributed by atoms with van der Waals surface area (Å²) in [6.45, 7) is 4.53. The van der Waals surface area contributed by atoms with Crippen molar-refractivity contribution in [3.63, 3.8) is 0 Å². The number of hydrogen-bond donors (Lipinski definition) is 0. The van der Waals surface area contributed by atoms with Crippen molar-refractivity contribution in [3.8, 4) is 22.3 Å². The van der Waals surface area contributed by atoms with Gasteiger partial charge in [-0.15, -0.1) is 23.1 Å². The first-order chi connectivity index (χ1) is 26.6. The Kier molecular flexibility index (Phi) is 7.34.